The molecular formula is C25H29FN4O2S. The van der Waals surface area contributed by atoms with E-state index in [9.17, 15) is 9.18 Å². The molecule has 0 saturated carbocycles. The van der Waals surface area contributed by atoms with Crippen molar-refractivity contribution < 1.29 is 13.9 Å². The summed E-state index contributed by atoms with van der Waals surface area (Å²) in [5.74, 6) is 0.646. The Balaban J connectivity index is 1.44. The quantitative estimate of drug-likeness (QED) is 0.431. The van der Waals surface area contributed by atoms with Gasteiger partial charge in [0.2, 0.25) is 5.91 Å². The fraction of sp³-hybridized carbons (Fsp3) is 0.400. The highest BCUT2D eigenvalue weighted by atomic mass is 32.2. The van der Waals surface area contributed by atoms with Gasteiger partial charge in [0, 0.05) is 25.8 Å². The number of aromatic nitrogens is 3. The molecule has 1 fully saturated rings. The van der Waals surface area contributed by atoms with Gasteiger partial charge in [-0.1, -0.05) is 43.0 Å². The van der Waals surface area contributed by atoms with Crippen LogP contribution in [0.15, 0.2) is 53.7 Å². The van der Waals surface area contributed by atoms with Gasteiger partial charge in [0.1, 0.15) is 5.82 Å². The molecule has 1 saturated heterocycles. The Morgan fingerprint density at radius 2 is 1.88 bits per heavy atom. The third kappa shape index (κ3) is 6.00. The number of thioether (sulfide) groups is 1. The van der Waals surface area contributed by atoms with E-state index in [4.69, 9.17) is 4.74 Å². The number of ether oxygens (including phenoxy) is 1. The zero-order valence-electron chi connectivity index (χ0n) is 19.0. The van der Waals surface area contributed by atoms with Crippen LogP contribution < -0.4 is 0 Å². The smallest absolute Gasteiger partial charge is 0.233 e. The second-order valence-electron chi connectivity index (χ2n) is 8.27. The van der Waals surface area contributed by atoms with Crippen LogP contribution in [0.1, 0.15) is 30.9 Å². The molecule has 1 aliphatic heterocycles. The molecule has 4 rings (SSSR count). The fourth-order valence-corrected chi connectivity index (χ4v) is 4.73. The summed E-state index contributed by atoms with van der Waals surface area (Å²) in [6.45, 7) is 4.05. The van der Waals surface area contributed by atoms with Crippen LogP contribution in [0.3, 0.4) is 0 Å². The third-order valence-corrected chi connectivity index (χ3v) is 6.78. The van der Waals surface area contributed by atoms with Gasteiger partial charge < -0.3 is 9.64 Å². The Morgan fingerprint density at radius 3 is 2.55 bits per heavy atom. The summed E-state index contributed by atoms with van der Waals surface area (Å²) in [7, 11) is 1.82. The van der Waals surface area contributed by atoms with Crippen LogP contribution in [0.5, 0.6) is 0 Å². The van der Waals surface area contributed by atoms with Gasteiger partial charge in [-0.3, -0.25) is 9.36 Å². The summed E-state index contributed by atoms with van der Waals surface area (Å²) in [6, 6.07) is 14.6. The highest BCUT2D eigenvalue weighted by molar-refractivity contribution is 7.99. The monoisotopic (exact) mass is 468 g/mol. The lowest BCUT2D eigenvalue weighted by Crippen LogP contribution is -2.28. The maximum atomic E-state index is 13.4. The molecular weight excluding hydrogens is 439 g/mol. The Labute approximate surface area is 198 Å². The van der Waals surface area contributed by atoms with Crippen LogP contribution in [0.4, 0.5) is 4.39 Å². The van der Waals surface area contributed by atoms with Crippen molar-refractivity contribution in [2.24, 2.45) is 0 Å². The average molecular weight is 469 g/mol. The molecule has 3 aromatic rings. The van der Waals surface area contributed by atoms with Crippen molar-refractivity contribution >= 4 is 17.7 Å². The Morgan fingerprint density at radius 1 is 1.15 bits per heavy atom. The maximum Gasteiger partial charge on any atom is 0.233 e. The normalized spacial score (nSPS) is 15.7. The second kappa shape index (κ2) is 10.9. The molecule has 6 nitrogen and oxygen atoms in total. The van der Waals surface area contributed by atoms with Crippen LogP contribution in [0.2, 0.25) is 0 Å². The van der Waals surface area contributed by atoms with Crippen molar-refractivity contribution in [1.82, 2.24) is 19.7 Å². The van der Waals surface area contributed by atoms with E-state index in [0.29, 0.717) is 24.1 Å². The number of nitrogens with zero attached hydrogens (tertiary/aromatic N) is 4. The highest BCUT2D eigenvalue weighted by Gasteiger charge is 2.22. The van der Waals surface area contributed by atoms with Gasteiger partial charge in [-0.2, -0.15) is 0 Å². The molecule has 0 aliphatic carbocycles. The van der Waals surface area contributed by atoms with Gasteiger partial charge in [0.05, 0.1) is 18.4 Å². The van der Waals surface area contributed by atoms with Crippen LogP contribution in [-0.4, -0.2) is 51.1 Å². The summed E-state index contributed by atoms with van der Waals surface area (Å²) in [5.41, 5.74) is 3.17. The number of hydrogen-bond acceptors (Lipinski definition) is 5. The standard InChI is InChI=1S/C25H29FN4O2S/c1-3-18-6-8-19(9-7-18)15-29(2)23(31)17-33-25-28-27-24(20-10-12-21(26)13-11-20)30(25)16-22-5-4-14-32-22/h6-13,22H,3-5,14-17H2,1-2H3/t22-/m0/s1. The Bertz CT molecular complexity index is 1060. The molecule has 1 amide bonds. The zero-order valence-corrected chi connectivity index (χ0v) is 19.9. The van der Waals surface area contributed by atoms with Gasteiger partial charge in [-0.05, 0) is 54.7 Å². The van der Waals surface area contributed by atoms with Crippen molar-refractivity contribution in [3.05, 3.63) is 65.5 Å². The number of aryl methyl sites for hydroxylation is 1. The largest absolute Gasteiger partial charge is 0.376 e. The van der Waals surface area contributed by atoms with E-state index in [1.807, 2.05) is 11.6 Å². The lowest BCUT2D eigenvalue weighted by molar-refractivity contribution is -0.127. The van der Waals surface area contributed by atoms with Crippen LogP contribution in [-0.2, 0) is 29.0 Å². The van der Waals surface area contributed by atoms with Gasteiger partial charge >= 0.3 is 0 Å². The van der Waals surface area contributed by atoms with Crippen molar-refractivity contribution in [2.75, 3.05) is 19.4 Å². The molecule has 8 heteroatoms. The van der Waals surface area contributed by atoms with E-state index in [2.05, 4.69) is 41.4 Å². The molecule has 0 radical (unpaired) electrons. The molecule has 1 aliphatic rings. The summed E-state index contributed by atoms with van der Waals surface area (Å²) in [6.07, 6.45) is 3.09. The van der Waals surface area contributed by atoms with Crippen molar-refractivity contribution in [2.45, 2.75) is 50.5 Å². The van der Waals surface area contributed by atoms with E-state index in [1.165, 1.54) is 29.5 Å². The van der Waals surface area contributed by atoms with Gasteiger partial charge in [0.25, 0.3) is 0 Å². The lowest BCUT2D eigenvalue weighted by Gasteiger charge is -2.18. The molecule has 0 N–H and O–H groups in total. The Kier molecular flexibility index (Phi) is 7.77. The first kappa shape index (κ1) is 23.4. The minimum atomic E-state index is -0.295. The number of amides is 1. The predicted octanol–water partition coefficient (Wildman–Crippen LogP) is 4.58. The third-order valence-electron chi connectivity index (χ3n) is 5.83. The molecule has 174 valence electrons. The number of halogens is 1. The molecule has 2 aromatic carbocycles. The van der Waals surface area contributed by atoms with E-state index in [-0.39, 0.29) is 23.6 Å². The van der Waals surface area contributed by atoms with E-state index in [0.717, 1.165) is 37.0 Å². The number of benzene rings is 2. The first-order valence-corrected chi connectivity index (χ1v) is 12.3. The average Bonchev–Trinajstić information content (AvgIpc) is 3.49. The number of carbonyl (C=O) groups is 1. The second-order valence-corrected chi connectivity index (χ2v) is 9.21. The first-order valence-electron chi connectivity index (χ1n) is 11.3. The molecule has 1 aromatic heterocycles. The minimum Gasteiger partial charge on any atom is -0.376 e. The number of carbonyl (C=O) groups excluding carboxylic acids is 1. The molecule has 33 heavy (non-hydrogen) atoms. The van der Waals surface area contributed by atoms with E-state index < -0.39 is 0 Å². The summed E-state index contributed by atoms with van der Waals surface area (Å²) in [5, 5.41) is 9.37. The summed E-state index contributed by atoms with van der Waals surface area (Å²) >= 11 is 1.37. The topological polar surface area (TPSA) is 60.2 Å². The summed E-state index contributed by atoms with van der Waals surface area (Å²) < 4.78 is 21.2. The van der Waals surface area contributed by atoms with Crippen molar-refractivity contribution in [3.8, 4) is 11.4 Å². The van der Waals surface area contributed by atoms with Crippen molar-refractivity contribution in [1.29, 1.82) is 0 Å². The molecule has 2 heterocycles. The summed E-state index contributed by atoms with van der Waals surface area (Å²) in [4.78, 5) is 14.5. The van der Waals surface area contributed by atoms with Crippen molar-refractivity contribution in [3.63, 3.8) is 0 Å². The molecule has 0 spiro atoms. The SMILES string of the molecule is CCc1ccc(CN(C)C(=O)CSc2nnc(-c3ccc(F)cc3)n2C[C@@H]2CCCO2)cc1. The number of hydrogen-bond donors (Lipinski definition) is 0. The van der Waals surface area contributed by atoms with Crippen LogP contribution >= 0.6 is 11.8 Å². The fourth-order valence-electron chi connectivity index (χ4n) is 3.84. The maximum absolute atomic E-state index is 13.4. The van der Waals surface area contributed by atoms with Gasteiger partial charge in [0.15, 0.2) is 11.0 Å². The first-order chi connectivity index (χ1) is 16.0. The highest BCUT2D eigenvalue weighted by Crippen LogP contribution is 2.27. The van der Waals surface area contributed by atoms with E-state index >= 15 is 0 Å². The van der Waals surface area contributed by atoms with E-state index in [1.54, 1.807) is 17.0 Å². The Hall–Kier alpha value is -2.71. The van der Waals surface area contributed by atoms with Crippen LogP contribution in [0.25, 0.3) is 11.4 Å². The molecule has 1 atom stereocenters. The molecule has 0 bridgehead atoms. The van der Waals surface area contributed by atoms with Gasteiger partial charge in [-0.25, -0.2) is 4.39 Å². The lowest BCUT2D eigenvalue weighted by atomic mass is 10.1. The predicted molar refractivity (Wildman–Crippen MR) is 127 cm³/mol. The van der Waals surface area contributed by atoms with Crippen LogP contribution in [0, 0.1) is 5.82 Å². The zero-order chi connectivity index (χ0) is 23.2. The van der Waals surface area contributed by atoms with Gasteiger partial charge in [-0.15, -0.1) is 10.2 Å². The molecule has 0 unspecified atom stereocenters. The minimum absolute atomic E-state index is 0.0227. The number of rotatable bonds is 9.